The van der Waals surface area contributed by atoms with E-state index in [4.69, 9.17) is 10.8 Å². The van der Waals surface area contributed by atoms with Gasteiger partial charge in [0.2, 0.25) is 0 Å². The Labute approximate surface area is 76.4 Å². The SMILES string of the molecule is Cc1ccnc(C[C@H](N)C(=O)O)c1. The number of aliphatic carboxylic acids is 1. The number of hydrogen-bond acceptors (Lipinski definition) is 3. The summed E-state index contributed by atoms with van der Waals surface area (Å²) in [6.45, 7) is 1.93. The maximum Gasteiger partial charge on any atom is 0.320 e. The molecule has 13 heavy (non-hydrogen) atoms. The minimum Gasteiger partial charge on any atom is -0.480 e. The van der Waals surface area contributed by atoms with Crippen LogP contribution in [0.1, 0.15) is 11.3 Å². The highest BCUT2D eigenvalue weighted by atomic mass is 16.4. The molecule has 0 aliphatic heterocycles. The van der Waals surface area contributed by atoms with E-state index in [1.54, 1.807) is 6.20 Å². The first-order valence-electron chi connectivity index (χ1n) is 3.99. The van der Waals surface area contributed by atoms with Crippen LogP contribution < -0.4 is 5.73 Å². The average molecular weight is 180 g/mol. The summed E-state index contributed by atoms with van der Waals surface area (Å²) in [4.78, 5) is 14.5. The molecule has 4 nitrogen and oxygen atoms in total. The van der Waals surface area contributed by atoms with Crippen molar-refractivity contribution < 1.29 is 9.90 Å². The highest BCUT2D eigenvalue weighted by Crippen LogP contribution is 2.02. The van der Waals surface area contributed by atoms with Crippen LogP contribution in [-0.4, -0.2) is 22.1 Å². The maximum absolute atomic E-state index is 10.4. The van der Waals surface area contributed by atoms with Gasteiger partial charge in [-0.3, -0.25) is 9.78 Å². The molecule has 0 aromatic carbocycles. The lowest BCUT2D eigenvalue weighted by molar-refractivity contribution is -0.138. The van der Waals surface area contributed by atoms with Gasteiger partial charge >= 0.3 is 5.97 Å². The predicted octanol–water partition coefficient (Wildman–Crippen LogP) is 0.344. The molecule has 0 saturated carbocycles. The highest BCUT2D eigenvalue weighted by molar-refractivity contribution is 5.73. The molecule has 1 atom stereocenters. The minimum absolute atomic E-state index is 0.275. The molecule has 0 saturated heterocycles. The molecule has 3 N–H and O–H groups in total. The number of carboxylic acid groups (broad SMARTS) is 1. The number of rotatable bonds is 3. The van der Waals surface area contributed by atoms with E-state index in [9.17, 15) is 4.79 Å². The smallest absolute Gasteiger partial charge is 0.320 e. The lowest BCUT2D eigenvalue weighted by atomic mass is 10.1. The van der Waals surface area contributed by atoms with Crippen LogP contribution in [0.25, 0.3) is 0 Å². The molecule has 1 heterocycles. The number of nitrogens with zero attached hydrogens (tertiary/aromatic N) is 1. The Hall–Kier alpha value is -1.42. The fourth-order valence-electron chi connectivity index (χ4n) is 1.02. The molecule has 0 aliphatic carbocycles. The van der Waals surface area contributed by atoms with Gasteiger partial charge < -0.3 is 10.8 Å². The van der Waals surface area contributed by atoms with Crippen LogP contribution in [0.2, 0.25) is 0 Å². The molecule has 0 unspecified atom stereocenters. The second-order valence-electron chi connectivity index (χ2n) is 2.97. The van der Waals surface area contributed by atoms with Gasteiger partial charge in [0.15, 0.2) is 0 Å². The fraction of sp³-hybridized carbons (Fsp3) is 0.333. The van der Waals surface area contributed by atoms with Crippen molar-refractivity contribution in [2.24, 2.45) is 5.73 Å². The number of aromatic nitrogens is 1. The van der Waals surface area contributed by atoms with E-state index in [1.807, 2.05) is 19.1 Å². The van der Waals surface area contributed by atoms with E-state index >= 15 is 0 Å². The van der Waals surface area contributed by atoms with Gasteiger partial charge in [-0.1, -0.05) is 0 Å². The van der Waals surface area contributed by atoms with E-state index in [0.717, 1.165) is 11.3 Å². The molecule has 0 spiro atoms. The van der Waals surface area contributed by atoms with Gasteiger partial charge in [0, 0.05) is 18.3 Å². The van der Waals surface area contributed by atoms with Crippen molar-refractivity contribution in [2.75, 3.05) is 0 Å². The van der Waals surface area contributed by atoms with E-state index < -0.39 is 12.0 Å². The lowest BCUT2D eigenvalue weighted by Gasteiger charge is -2.05. The van der Waals surface area contributed by atoms with Crippen LogP contribution in [0, 0.1) is 6.92 Å². The summed E-state index contributed by atoms with van der Waals surface area (Å²) in [5.74, 6) is -0.997. The summed E-state index contributed by atoms with van der Waals surface area (Å²) in [6, 6.07) is 2.83. The molecule has 0 amide bonds. The lowest BCUT2D eigenvalue weighted by Crippen LogP contribution is -2.32. The van der Waals surface area contributed by atoms with Crippen LogP contribution in [0.5, 0.6) is 0 Å². The summed E-state index contributed by atoms with van der Waals surface area (Å²) < 4.78 is 0. The molecule has 0 aliphatic rings. The standard InChI is InChI=1S/C9H12N2O2/c1-6-2-3-11-7(4-6)5-8(10)9(12)13/h2-4,8H,5,10H2,1H3,(H,12,13)/t8-/m0/s1. The zero-order chi connectivity index (χ0) is 9.84. The zero-order valence-electron chi connectivity index (χ0n) is 7.40. The third-order valence-corrected chi connectivity index (χ3v) is 1.72. The summed E-state index contributed by atoms with van der Waals surface area (Å²) in [6.07, 6.45) is 1.93. The van der Waals surface area contributed by atoms with Crippen molar-refractivity contribution in [2.45, 2.75) is 19.4 Å². The monoisotopic (exact) mass is 180 g/mol. The molecular weight excluding hydrogens is 168 g/mol. The molecular formula is C9H12N2O2. The fourth-order valence-corrected chi connectivity index (χ4v) is 1.02. The van der Waals surface area contributed by atoms with Crippen molar-refractivity contribution >= 4 is 5.97 Å². The van der Waals surface area contributed by atoms with Crippen LogP contribution in [0.4, 0.5) is 0 Å². The van der Waals surface area contributed by atoms with Gasteiger partial charge in [-0.2, -0.15) is 0 Å². The van der Waals surface area contributed by atoms with Crippen molar-refractivity contribution in [1.82, 2.24) is 4.98 Å². The van der Waals surface area contributed by atoms with E-state index in [1.165, 1.54) is 0 Å². The molecule has 4 heteroatoms. The second-order valence-corrected chi connectivity index (χ2v) is 2.97. The minimum atomic E-state index is -0.997. The Morgan fingerprint density at radius 1 is 1.77 bits per heavy atom. The molecule has 0 radical (unpaired) electrons. The molecule has 1 aromatic rings. The number of carbonyl (C=O) groups is 1. The van der Waals surface area contributed by atoms with Gasteiger partial charge in [0.25, 0.3) is 0 Å². The molecule has 1 aromatic heterocycles. The largest absolute Gasteiger partial charge is 0.480 e. The van der Waals surface area contributed by atoms with Gasteiger partial charge in [0.1, 0.15) is 6.04 Å². The van der Waals surface area contributed by atoms with E-state index in [-0.39, 0.29) is 6.42 Å². The normalized spacial score (nSPS) is 12.5. The number of hydrogen-bond donors (Lipinski definition) is 2. The predicted molar refractivity (Wildman–Crippen MR) is 48.3 cm³/mol. The Kier molecular flexibility index (Phi) is 2.97. The Morgan fingerprint density at radius 2 is 2.46 bits per heavy atom. The van der Waals surface area contributed by atoms with E-state index in [0.29, 0.717) is 0 Å². The number of aryl methyl sites for hydroxylation is 1. The van der Waals surface area contributed by atoms with Gasteiger partial charge in [-0.15, -0.1) is 0 Å². The third kappa shape index (κ3) is 2.83. The van der Waals surface area contributed by atoms with Gasteiger partial charge in [0.05, 0.1) is 0 Å². The summed E-state index contributed by atoms with van der Waals surface area (Å²) in [7, 11) is 0. The number of carboxylic acids is 1. The van der Waals surface area contributed by atoms with Gasteiger partial charge in [-0.05, 0) is 24.6 Å². The molecule has 0 fully saturated rings. The molecule has 0 bridgehead atoms. The zero-order valence-corrected chi connectivity index (χ0v) is 7.40. The first-order valence-corrected chi connectivity index (χ1v) is 3.99. The van der Waals surface area contributed by atoms with Gasteiger partial charge in [-0.25, -0.2) is 0 Å². The quantitative estimate of drug-likeness (QED) is 0.703. The van der Waals surface area contributed by atoms with Crippen molar-refractivity contribution in [3.05, 3.63) is 29.6 Å². The van der Waals surface area contributed by atoms with Crippen LogP contribution in [0.15, 0.2) is 18.3 Å². The van der Waals surface area contributed by atoms with Crippen molar-refractivity contribution in [3.8, 4) is 0 Å². The average Bonchev–Trinajstić information content (AvgIpc) is 2.04. The number of nitrogens with two attached hydrogens (primary N) is 1. The van der Waals surface area contributed by atoms with Crippen molar-refractivity contribution in [1.29, 1.82) is 0 Å². The molecule has 70 valence electrons. The summed E-state index contributed by atoms with van der Waals surface area (Å²) >= 11 is 0. The van der Waals surface area contributed by atoms with Crippen LogP contribution in [-0.2, 0) is 11.2 Å². The summed E-state index contributed by atoms with van der Waals surface area (Å²) in [5.41, 5.74) is 7.13. The Morgan fingerprint density at radius 3 is 3.00 bits per heavy atom. The highest BCUT2D eigenvalue weighted by Gasteiger charge is 2.12. The third-order valence-electron chi connectivity index (χ3n) is 1.72. The van der Waals surface area contributed by atoms with Crippen LogP contribution >= 0.6 is 0 Å². The van der Waals surface area contributed by atoms with Crippen LogP contribution in [0.3, 0.4) is 0 Å². The number of pyridine rings is 1. The van der Waals surface area contributed by atoms with Crippen molar-refractivity contribution in [3.63, 3.8) is 0 Å². The Balaban J connectivity index is 2.69. The van der Waals surface area contributed by atoms with E-state index in [2.05, 4.69) is 4.98 Å². The summed E-state index contributed by atoms with van der Waals surface area (Å²) in [5, 5.41) is 8.56. The topological polar surface area (TPSA) is 76.2 Å². The first kappa shape index (κ1) is 9.67. The second kappa shape index (κ2) is 4.00. The molecule has 1 rings (SSSR count). The maximum atomic E-state index is 10.4. The first-order chi connectivity index (χ1) is 6.09. The Bertz CT molecular complexity index is 312.